The molecule has 1 aromatic heterocycles. The number of nitrogens with zero attached hydrogens (tertiary/aromatic N) is 3. The maximum Gasteiger partial charge on any atom is 0.573 e. The summed E-state index contributed by atoms with van der Waals surface area (Å²) in [6, 6.07) is 9.21. The number of rotatable bonds is 5. The molecule has 2 aromatic rings. The lowest BCUT2D eigenvalue weighted by molar-refractivity contribution is -0.274. The zero-order valence-corrected chi connectivity index (χ0v) is 16.6. The normalized spacial score (nSPS) is 15.3. The first kappa shape index (κ1) is 21.2. The number of hydrogen-bond donors (Lipinski definition) is 0. The van der Waals surface area contributed by atoms with Crippen LogP contribution in [0.3, 0.4) is 0 Å². The molecule has 0 N–H and O–H groups in total. The number of alkyl halides is 3. The summed E-state index contributed by atoms with van der Waals surface area (Å²) in [5, 5.41) is 0.582. The number of anilines is 1. The largest absolute Gasteiger partial charge is 0.573 e. The van der Waals surface area contributed by atoms with E-state index in [1.54, 1.807) is 24.2 Å². The molecule has 2 heterocycles. The molecule has 1 aromatic carbocycles. The van der Waals surface area contributed by atoms with Crippen molar-refractivity contribution >= 4 is 23.3 Å². The average Bonchev–Trinajstić information content (AvgIpc) is 2.68. The van der Waals surface area contributed by atoms with E-state index in [0.717, 1.165) is 24.5 Å². The minimum absolute atomic E-state index is 0.0318. The Bertz CT molecular complexity index is 820. The van der Waals surface area contributed by atoms with Crippen LogP contribution >= 0.6 is 11.6 Å². The van der Waals surface area contributed by atoms with Gasteiger partial charge in [-0.2, -0.15) is 0 Å². The molecule has 0 saturated carbocycles. The summed E-state index contributed by atoms with van der Waals surface area (Å²) in [5.74, 6) is 0.508. The van der Waals surface area contributed by atoms with Crippen molar-refractivity contribution in [3.8, 4) is 5.75 Å². The van der Waals surface area contributed by atoms with Crippen molar-refractivity contribution in [3.63, 3.8) is 0 Å². The number of hydrogen-bond acceptors (Lipinski definition) is 4. The Hall–Kier alpha value is -2.48. The van der Waals surface area contributed by atoms with Crippen LogP contribution in [0.15, 0.2) is 42.6 Å². The van der Waals surface area contributed by atoms with E-state index >= 15 is 0 Å². The number of ether oxygens (including phenoxy) is 1. The highest BCUT2D eigenvalue weighted by atomic mass is 35.5. The number of carbonyl (C=O) groups is 1. The van der Waals surface area contributed by atoms with E-state index in [9.17, 15) is 18.0 Å². The number of pyridine rings is 1. The highest BCUT2D eigenvalue weighted by Gasteiger charge is 2.31. The van der Waals surface area contributed by atoms with Crippen LogP contribution in [-0.2, 0) is 11.3 Å². The molecular formula is C20H21ClF3N3O2. The summed E-state index contributed by atoms with van der Waals surface area (Å²) in [6.45, 7) is 1.77. The number of benzene rings is 1. The maximum atomic E-state index is 12.7. The predicted octanol–water partition coefficient (Wildman–Crippen LogP) is 4.51. The van der Waals surface area contributed by atoms with Gasteiger partial charge in [0.25, 0.3) is 0 Å². The molecule has 1 fully saturated rings. The lowest BCUT2D eigenvalue weighted by atomic mass is 9.95. The molecule has 9 heteroatoms. The summed E-state index contributed by atoms with van der Waals surface area (Å²) in [4.78, 5) is 20.8. The molecule has 156 valence electrons. The van der Waals surface area contributed by atoms with Gasteiger partial charge >= 0.3 is 6.36 Å². The second-order valence-electron chi connectivity index (χ2n) is 6.98. The quantitative estimate of drug-likeness (QED) is 0.704. The highest BCUT2D eigenvalue weighted by Crippen LogP contribution is 2.25. The third-order valence-electron chi connectivity index (χ3n) is 4.83. The summed E-state index contributed by atoms with van der Waals surface area (Å²) in [5.41, 5.74) is 0.734. The summed E-state index contributed by atoms with van der Waals surface area (Å²) < 4.78 is 40.5. The number of carbonyl (C=O) groups excluding carboxylic acids is 1. The van der Waals surface area contributed by atoms with Gasteiger partial charge in [-0.1, -0.05) is 23.7 Å². The van der Waals surface area contributed by atoms with Crippen molar-refractivity contribution in [1.82, 2.24) is 9.88 Å². The zero-order chi connectivity index (χ0) is 21.0. The van der Waals surface area contributed by atoms with Crippen LogP contribution in [0.2, 0.25) is 5.02 Å². The SMILES string of the molecule is CN(Cc1ccc(OC(F)(F)F)cc1)C(=O)C1CCN(c2ccc(Cl)cn2)CC1. The molecule has 29 heavy (non-hydrogen) atoms. The second-order valence-corrected chi connectivity index (χ2v) is 7.42. The molecule has 1 aliphatic heterocycles. The van der Waals surface area contributed by atoms with E-state index in [4.69, 9.17) is 11.6 Å². The Morgan fingerprint density at radius 2 is 1.86 bits per heavy atom. The number of piperidine rings is 1. The summed E-state index contributed by atoms with van der Waals surface area (Å²) in [6.07, 6.45) is -1.69. The fourth-order valence-corrected chi connectivity index (χ4v) is 3.48. The second kappa shape index (κ2) is 8.90. The smallest absolute Gasteiger partial charge is 0.406 e. The van der Waals surface area contributed by atoms with Gasteiger partial charge in [0.15, 0.2) is 0 Å². The maximum absolute atomic E-state index is 12.7. The predicted molar refractivity (Wildman–Crippen MR) is 104 cm³/mol. The number of halogens is 4. The van der Waals surface area contributed by atoms with Crippen LogP contribution in [0, 0.1) is 5.92 Å². The number of aromatic nitrogens is 1. The topological polar surface area (TPSA) is 45.7 Å². The third kappa shape index (κ3) is 6.00. The first-order chi connectivity index (χ1) is 13.7. The lowest BCUT2D eigenvalue weighted by Gasteiger charge is -2.34. The van der Waals surface area contributed by atoms with Crippen molar-refractivity contribution in [2.45, 2.75) is 25.7 Å². The van der Waals surface area contributed by atoms with Gasteiger partial charge in [0.05, 0.1) is 5.02 Å². The molecular weight excluding hydrogens is 407 g/mol. The fraction of sp³-hybridized carbons (Fsp3) is 0.400. The lowest BCUT2D eigenvalue weighted by Crippen LogP contribution is -2.41. The van der Waals surface area contributed by atoms with E-state index in [0.29, 0.717) is 24.4 Å². The van der Waals surface area contributed by atoms with Gasteiger partial charge in [0.1, 0.15) is 11.6 Å². The van der Waals surface area contributed by atoms with Crippen LogP contribution < -0.4 is 9.64 Å². The Morgan fingerprint density at radius 1 is 1.21 bits per heavy atom. The van der Waals surface area contributed by atoms with Crippen molar-refractivity contribution < 1.29 is 22.7 Å². The molecule has 1 aliphatic rings. The number of amides is 1. The van der Waals surface area contributed by atoms with Gasteiger partial charge in [0.2, 0.25) is 5.91 Å². The molecule has 1 saturated heterocycles. The fourth-order valence-electron chi connectivity index (χ4n) is 3.37. The van der Waals surface area contributed by atoms with Crippen molar-refractivity contribution in [2.24, 2.45) is 5.92 Å². The molecule has 5 nitrogen and oxygen atoms in total. The molecule has 3 rings (SSSR count). The molecule has 1 amide bonds. The van der Waals surface area contributed by atoms with E-state index in [1.165, 1.54) is 24.3 Å². The Kier molecular flexibility index (Phi) is 6.52. The van der Waals surface area contributed by atoms with Gasteiger partial charge in [-0.25, -0.2) is 4.98 Å². The van der Waals surface area contributed by atoms with E-state index in [1.807, 2.05) is 6.07 Å². The van der Waals surface area contributed by atoms with Crippen molar-refractivity contribution in [2.75, 3.05) is 25.0 Å². The highest BCUT2D eigenvalue weighted by molar-refractivity contribution is 6.30. The van der Waals surface area contributed by atoms with Crippen LogP contribution in [0.1, 0.15) is 18.4 Å². The minimum atomic E-state index is -4.72. The zero-order valence-electron chi connectivity index (χ0n) is 15.8. The first-order valence-corrected chi connectivity index (χ1v) is 9.55. The van der Waals surface area contributed by atoms with Crippen LogP contribution in [0.5, 0.6) is 5.75 Å². The Labute approximate surface area is 172 Å². The van der Waals surface area contributed by atoms with E-state index in [2.05, 4.69) is 14.6 Å². The van der Waals surface area contributed by atoms with Gasteiger partial charge < -0.3 is 14.5 Å². The van der Waals surface area contributed by atoms with Crippen molar-refractivity contribution in [3.05, 3.63) is 53.2 Å². The van der Waals surface area contributed by atoms with Crippen LogP contribution in [-0.4, -0.2) is 42.3 Å². The van der Waals surface area contributed by atoms with Gasteiger partial charge in [-0.3, -0.25) is 4.79 Å². The molecule has 0 radical (unpaired) electrons. The van der Waals surface area contributed by atoms with Crippen LogP contribution in [0.25, 0.3) is 0 Å². The molecule has 0 atom stereocenters. The van der Waals surface area contributed by atoms with Gasteiger partial charge in [-0.05, 0) is 42.7 Å². The van der Waals surface area contributed by atoms with Crippen molar-refractivity contribution in [1.29, 1.82) is 0 Å². The Balaban J connectivity index is 1.51. The minimum Gasteiger partial charge on any atom is -0.406 e. The van der Waals surface area contributed by atoms with Gasteiger partial charge in [-0.15, -0.1) is 13.2 Å². The van der Waals surface area contributed by atoms with E-state index < -0.39 is 6.36 Å². The average molecular weight is 428 g/mol. The molecule has 0 spiro atoms. The van der Waals surface area contributed by atoms with E-state index in [-0.39, 0.29) is 17.6 Å². The first-order valence-electron chi connectivity index (χ1n) is 9.17. The molecule has 0 aliphatic carbocycles. The Morgan fingerprint density at radius 3 is 2.41 bits per heavy atom. The monoisotopic (exact) mass is 427 g/mol. The van der Waals surface area contributed by atoms with Crippen LogP contribution in [0.4, 0.5) is 19.0 Å². The molecule has 0 unspecified atom stereocenters. The standard InChI is InChI=1S/C20H21ClF3N3O2/c1-26(13-14-2-5-17(6-3-14)29-20(22,23)24)19(28)15-8-10-27(11-9-15)18-7-4-16(21)12-25-18/h2-7,12,15H,8-11,13H2,1H3. The molecule has 0 bridgehead atoms. The summed E-state index contributed by atoms with van der Waals surface area (Å²) in [7, 11) is 1.70. The third-order valence-corrected chi connectivity index (χ3v) is 5.06. The van der Waals surface area contributed by atoms with Gasteiger partial charge in [0, 0.05) is 38.8 Å². The summed E-state index contributed by atoms with van der Waals surface area (Å²) >= 11 is 5.87.